The zero-order valence-corrected chi connectivity index (χ0v) is 21.3. The quantitative estimate of drug-likeness (QED) is 0.210. The minimum absolute atomic E-state index is 0. The molecule has 0 saturated carbocycles. The zero-order valence-electron chi connectivity index (χ0n) is 20.5. The van der Waals surface area contributed by atoms with Crippen molar-refractivity contribution in [2.45, 2.75) is 26.3 Å². The Balaban J connectivity index is 0.00000420. The van der Waals surface area contributed by atoms with Gasteiger partial charge in [0.15, 0.2) is 0 Å². The fraction of sp³-hybridized carbons (Fsp3) is 0.179. The second-order valence-electron chi connectivity index (χ2n) is 8.30. The summed E-state index contributed by atoms with van der Waals surface area (Å²) >= 11 is 6.28. The minimum atomic E-state index is -0.873. The maximum absolute atomic E-state index is 14.5. The first kappa shape index (κ1) is 26.8. The molecule has 0 aliphatic heterocycles. The van der Waals surface area contributed by atoms with Gasteiger partial charge in [-0.05, 0) is 55.5 Å². The Morgan fingerprint density at radius 2 is 1.71 bits per heavy atom. The van der Waals surface area contributed by atoms with E-state index in [1.165, 1.54) is 23.8 Å². The number of benzene rings is 3. The molecular formula is C28H25ClF2N2O5. The van der Waals surface area contributed by atoms with E-state index in [2.05, 4.69) is 5.32 Å². The van der Waals surface area contributed by atoms with Crippen molar-refractivity contribution in [2.24, 2.45) is 0 Å². The van der Waals surface area contributed by atoms with Crippen LogP contribution < -0.4 is 15.5 Å². The molecule has 1 amide bonds. The molecule has 3 aromatic carbocycles. The van der Waals surface area contributed by atoms with E-state index in [0.29, 0.717) is 17.0 Å². The van der Waals surface area contributed by atoms with Gasteiger partial charge in [0.2, 0.25) is 11.3 Å². The Kier molecular flexibility index (Phi) is 8.07. The lowest BCUT2D eigenvalue weighted by molar-refractivity contribution is -0.114. The van der Waals surface area contributed by atoms with Crippen molar-refractivity contribution in [3.8, 4) is 11.5 Å². The smallest absolute Gasteiger partial charge is 0.343 e. The van der Waals surface area contributed by atoms with E-state index in [4.69, 9.17) is 21.1 Å². The zero-order chi connectivity index (χ0) is 27.4. The molecule has 7 nitrogen and oxygen atoms in total. The number of hydrogen-bond acceptors (Lipinski definition) is 5. The van der Waals surface area contributed by atoms with E-state index >= 15 is 0 Å². The normalized spacial score (nSPS) is 10.9. The van der Waals surface area contributed by atoms with Crippen molar-refractivity contribution >= 4 is 40.1 Å². The maximum Gasteiger partial charge on any atom is 0.343 e. The van der Waals surface area contributed by atoms with E-state index in [1.54, 1.807) is 43.3 Å². The maximum atomic E-state index is 14.5. The average molecular weight is 543 g/mol. The highest BCUT2D eigenvalue weighted by molar-refractivity contribution is 6.18. The summed E-state index contributed by atoms with van der Waals surface area (Å²) in [6.07, 6.45) is 1.23. The van der Waals surface area contributed by atoms with Gasteiger partial charge in [-0.2, -0.15) is 0 Å². The lowest BCUT2D eigenvalue weighted by atomic mass is 10.0. The van der Waals surface area contributed by atoms with Crippen LogP contribution in [-0.2, 0) is 22.0 Å². The summed E-state index contributed by atoms with van der Waals surface area (Å²) in [5.74, 6) is -2.14. The van der Waals surface area contributed by atoms with Crippen molar-refractivity contribution in [3.63, 3.8) is 0 Å². The largest absolute Gasteiger partial charge is 0.462 e. The number of amides is 1. The molecule has 4 aromatic rings. The van der Waals surface area contributed by atoms with Gasteiger partial charge in [0.25, 0.3) is 0 Å². The van der Waals surface area contributed by atoms with E-state index < -0.39 is 23.0 Å². The number of rotatable bonds is 8. The van der Waals surface area contributed by atoms with Crippen LogP contribution in [0.5, 0.6) is 11.5 Å². The van der Waals surface area contributed by atoms with Crippen LogP contribution in [0.3, 0.4) is 0 Å². The van der Waals surface area contributed by atoms with Gasteiger partial charge in [-0.3, -0.25) is 9.59 Å². The highest BCUT2D eigenvalue weighted by Gasteiger charge is 2.22. The van der Waals surface area contributed by atoms with Crippen molar-refractivity contribution < 1.29 is 29.3 Å². The summed E-state index contributed by atoms with van der Waals surface area (Å²) in [7, 11) is 0. The lowest BCUT2D eigenvalue weighted by Crippen LogP contribution is -2.22. The molecule has 0 bridgehead atoms. The fourth-order valence-electron chi connectivity index (χ4n) is 4.03. The van der Waals surface area contributed by atoms with Crippen LogP contribution in [-0.4, -0.2) is 23.1 Å². The predicted octanol–water partition coefficient (Wildman–Crippen LogP) is 6.24. The molecule has 0 unspecified atom stereocenters. The van der Waals surface area contributed by atoms with E-state index in [1.807, 2.05) is 0 Å². The molecule has 10 heteroatoms. The topological polar surface area (TPSA) is 86.6 Å². The summed E-state index contributed by atoms with van der Waals surface area (Å²) < 4.78 is 41.4. The number of carbonyl (C=O) groups is 2. The number of ether oxygens (including phenoxy) is 2. The highest BCUT2D eigenvalue weighted by atomic mass is 35.5. The Morgan fingerprint density at radius 1 is 1.03 bits per heavy atom. The minimum Gasteiger partial charge on any atom is -0.462 e. The number of halogens is 3. The van der Waals surface area contributed by atoms with Crippen molar-refractivity contribution in [1.82, 2.24) is 4.57 Å². The first-order valence-electron chi connectivity index (χ1n) is 11.6. The molecule has 198 valence electrons. The van der Waals surface area contributed by atoms with Gasteiger partial charge in [-0.15, -0.1) is 11.6 Å². The van der Waals surface area contributed by atoms with Crippen LogP contribution in [0, 0.1) is 11.6 Å². The molecule has 1 aromatic heterocycles. The number of hydrogen-bond donors (Lipinski definition) is 1. The Hall–Kier alpha value is -4.24. The van der Waals surface area contributed by atoms with Gasteiger partial charge in [-0.1, -0.05) is 6.07 Å². The van der Waals surface area contributed by atoms with E-state index in [-0.39, 0.29) is 54.2 Å². The number of nitrogens with zero attached hydrogens (tertiary/aromatic N) is 1. The molecule has 0 atom stereocenters. The van der Waals surface area contributed by atoms with Gasteiger partial charge < -0.3 is 19.4 Å². The van der Waals surface area contributed by atoms with Crippen molar-refractivity contribution in [3.05, 3.63) is 99.3 Å². The number of pyridine rings is 1. The third-order valence-electron chi connectivity index (χ3n) is 5.74. The summed E-state index contributed by atoms with van der Waals surface area (Å²) in [5, 5.41) is 2.72. The monoisotopic (exact) mass is 542 g/mol. The molecule has 1 N–H and O–H groups in total. The van der Waals surface area contributed by atoms with Crippen LogP contribution in [0.25, 0.3) is 10.9 Å². The number of fused-ring (bicyclic) bond motifs is 1. The molecular weight excluding hydrogens is 518 g/mol. The van der Waals surface area contributed by atoms with Crippen LogP contribution in [0.4, 0.5) is 14.5 Å². The molecule has 0 saturated heterocycles. The first-order chi connectivity index (χ1) is 18.2. The second kappa shape index (κ2) is 11.4. The molecule has 0 fully saturated rings. The van der Waals surface area contributed by atoms with E-state index in [9.17, 15) is 23.2 Å². The molecule has 0 aliphatic carbocycles. The SMILES string of the molecule is CCOC(=O)c1cn(Cc2c(F)cccc2F)c2ccc(Oc3ccc(NC(C)=O)cc3)c(CCl)c2c1=O.[HH]. The van der Waals surface area contributed by atoms with Crippen molar-refractivity contribution in [1.29, 1.82) is 0 Å². The second-order valence-corrected chi connectivity index (χ2v) is 8.57. The molecule has 1 heterocycles. The van der Waals surface area contributed by atoms with Gasteiger partial charge >= 0.3 is 5.97 Å². The molecule has 0 radical (unpaired) electrons. The predicted molar refractivity (Wildman–Crippen MR) is 142 cm³/mol. The first-order valence-corrected chi connectivity index (χ1v) is 12.2. The third kappa shape index (κ3) is 5.52. The van der Waals surface area contributed by atoms with Gasteiger partial charge in [-0.25, -0.2) is 13.6 Å². The number of alkyl halides is 1. The fourth-order valence-corrected chi connectivity index (χ4v) is 4.30. The molecule has 4 rings (SSSR count). The molecule has 0 spiro atoms. The Labute approximate surface area is 223 Å². The van der Waals surface area contributed by atoms with Gasteiger partial charge in [0, 0.05) is 31.4 Å². The highest BCUT2D eigenvalue weighted by Crippen LogP contribution is 2.33. The van der Waals surface area contributed by atoms with Crippen LogP contribution in [0.15, 0.2) is 65.6 Å². The Bertz CT molecular complexity index is 1570. The standard InChI is InChI=1S/C28H23ClF2N2O5.H2/c1-3-37-28(36)21-15-33(14-20-22(30)5-4-6-23(20)31)24-11-12-25(19(13-29)26(24)27(21)35)38-18-9-7-17(8-10-18)32-16(2)34;/h4-12,15H,3,13-14H2,1-2H3,(H,32,34);1H. The van der Waals surface area contributed by atoms with Gasteiger partial charge in [0.05, 0.1) is 29.9 Å². The van der Waals surface area contributed by atoms with Crippen molar-refractivity contribution in [2.75, 3.05) is 11.9 Å². The number of anilines is 1. The van der Waals surface area contributed by atoms with Gasteiger partial charge in [0.1, 0.15) is 28.7 Å². The lowest BCUT2D eigenvalue weighted by Gasteiger charge is -2.18. The van der Waals surface area contributed by atoms with E-state index in [0.717, 1.165) is 12.1 Å². The third-order valence-corrected chi connectivity index (χ3v) is 6.00. The average Bonchev–Trinajstić information content (AvgIpc) is 2.88. The number of nitrogens with one attached hydrogen (secondary N) is 1. The summed E-state index contributed by atoms with van der Waals surface area (Å²) in [6.45, 7) is 2.72. The van der Waals surface area contributed by atoms with Crippen LogP contribution >= 0.6 is 11.6 Å². The summed E-state index contributed by atoms with van der Waals surface area (Å²) in [6, 6.07) is 13.2. The van der Waals surface area contributed by atoms with Crippen LogP contribution in [0.2, 0.25) is 0 Å². The molecule has 38 heavy (non-hydrogen) atoms. The van der Waals surface area contributed by atoms with Crippen LogP contribution in [0.1, 0.15) is 36.8 Å². The number of carbonyl (C=O) groups excluding carboxylic acids is 2. The number of esters is 1. The summed E-state index contributed by atoms with van der Waals surface area (Å²) in [5.41, 5.74) is -0.0312. The molecule has 0 aliphatic rings. The summed E-state index contributed by atoms with van der Waals surface area (Å²) in [4.78, 5) is 37.4. The Morgan fingerprint density at radius 3 is 2.32 bits per heavy atom. The number of aromatic nitrogens is 1.